The van der Waals surface area contributed by atoms with Gasteiger partial charge in [0.15, 0.2) is 5.79 Å². The molecule has 0 saturated carbocycles. The molecule has 2 heterocycles. The zero-order valence-electron chi connectivity index (χ0n) is 14.3. The Hall–Kier alpha value is -1.38. The van der Waals surface area contributed by atoms with E-state index in [1.807, 2.05) is 0 Å². The SMILES string of the molecule is CC(=O)N[C@@H]1[C@@H](Oc2ccc(Cl)cc2)O[C@@H]2COC(C)(C)O[C@@H]2[C@H]1O. The molecule has 2 aliphatic heterocycles. The van der Waals surface area contributed by atoms with Crippen molar-refractivity contribution in [2.75, 3.05) is 6.61 Å². The van der Waals surface area contributed by atoms with Gasteiger partial charge in [0.25, 0.3) is 0 Å². The fraction of sp³-hybridized carbons (Fsp3) is 0.588. The molecule has 0 bridgehead atoms. The molecule has 2 N–H and O–H groups in total. The van der Waals surface area contributed by atoms with Gasteiger partial charge >= 0.3 is 0 Å². The quantitative estimate of drug-likeness (QED) is 0.836. The Bertz CT molecular complexity index is 622. The molecule has 2 fully saturated rings. The molecule has 1 aromatic carbocycles. The Morgan fingerprint density at radius 1 is 1.36 bits per heavy atom. The lowest BCUT2D eigenvalue weighted by Gasteiger charge is -2.49. The number of amides is 1. The smallest absolute Gasteiger partial charge is 0.223 e. The molecule has 1 amide bonds. The first-order valence-corrected chi connectivity index (χ1v) is 8.47. The highest BCUT2D eigenvalue weighted by Gasteiger charge is 2.52. The molecule has 0 spiro atoms. The maximum atomic E-state index is 11.6. The van der Waals surface area contributed by atoms with E-state index in [1.54, 1.807) is 38.1 Å². The summed E-state index contributed by atoms with van der Waals surface area (Å²) in [5.74, 6) is -0.633. The Morgan fingerprint density at radius 2 is 2.04 bits per heavy atom. The average Bonchev–Trinajstić information content (AvgIpc) is 2.53. The van der Waals surface area contributed by atoms with Crippen molar-refractivity contribution < 1.29 is 28.8 Å². The van der Waals surface area contributed by atoms with Crippen molar-refractivity contribution in [1.82, 2.24) is 5.32 Å². The number of aliphatic hydroxyl groups is 1. The predicted octanol–water partition coefficient (Wildman–Crippen LogP) is 1.46. The Morgan fingerprint density at radius 3 is 2.68 bits per heavy atom. The summed E-state index contributed by atoms with van der Waals surface area (Å²) in [7, 11) is 0. The number of carbonyl (C=O) groups is 1. The number of rotatable bonds is 3. The van der Waals surface area contributed by atoms with E-state index in [1.165, 1.54) is 6.92 Å². The number of fused-ring (bicyclic) bond motifs is 1. The molecule has 1 aromatic rings. The van der Waals surface area contributed by atoms with Crippen LogP contribution in [0, 0.1) is 0 Å². The van der Waals surface area contributed by atoms with E-state index in [0.29, 0.717) is 10.8 Å². The van der Waals surface area contributed by atoms with Crippen LogP contribution >= 0.6 is 11.6 Å². The molecule has 2 aliphatic rings. The van der Waals surface area contributed by atoms with E-state index in [0.717, 1.165) is 0 Å². The van der Waals surface area contributed by atoms with Crippen LogP contribution in [0.15, 0.2) is 24.3 Å². The normalized spacial score (nSPS) is 34.0. The summed E-state index contributed by atoms with van der Waals surface area (Å²) in [4.78, 5) is 11.6. The molecule has 8 heteroatoms. The lowest BCUT2D eigenvalue weighted by molar-refractivity contribution is -0.361. The highest BCUT2D eigenvalue weighted by Crippen LogP contribution is 2.33. The number of halogens is 1. The minimum Gasteiger partial charge on any atom is -0.463 e. The first-order valence-electron chi connectivity index (χ1n) is 8.10. The van der Waals surface area contributed by atoms with Gasteiger partial charge in [-0.2, -0.15) is 0 Å². The van der Waals surface area contributed by atoms with Crippen molar-refractivity contribution in [3.8, 4) is 5.75 Å². The van der Waals surface area contributed by atoms with Crippen LogP contribution in [-0.2, 0) is 19.0 Å². The van der Waals surface area contributed by atoms with Crippen LogP contribution in [0.3, 0.4) is 0 Å². The number of hydrogen-bond donors (Lipinski definition) is 2. The topological polar surface area (TPSA) is 86.3 Å². The zero-order valence-corrected chi connectivity index (χ0v) is 15.0. The molecular formula is C17H22ClNO6. The van der Waals surface area contributed by atoms with E-state index in [9.17, 15) is 9.90 Å². The third kappa shape index (κ3) is 4.24. The van der Waals surface area contributed by atoms with Crippen molar-refractivity contribution in [3.63, 3.8) is 0 Å². The maximum absolute atomic E-state index is 11.6. The number of hydrogen-bond acceptors (Lipinski definition) is 6. The van der Waals surface area contributed by atoms with Gasteiger partial charge in [-0.05, 0) is 38.1 Å². The second kappa shape index (κ2) is 7.09. The van der Waals surface area contributed by atoms with Gasteiger partial charge in [-0.3, -0.25) is 4.79 Å². The third-order valence-electron chi connectivity index (χ3n) is 4.12. The van der Waals surface area contributed by atoms with Crippen LogP contribution < -0.4 is 10.1 Å². The minimum atomic E-state index is -1.01. The van der Waals surface area contributed by atoms with E-state index < -0.39 is 36.4 Å². The molecule has 5 atom stereocenters. The molecule has 7 nitrogen and oxygen atoms in total. The van der Waals surface area contributed by atoms with E-state index in [-0.39, 0.29) is 12.5 Å². The predicted molar refractivity (Wildman–Crippen MR) is 89.3 cm³/mol. The molecule has 25 heavy (non-hydrogen) atoms. The Kier molecular flexibility index (Phi) is 5.22. The maximum Gasteiger partial charge on any atom is 0.223 e. The van der Waals surface area contributed by atoms with Gasteiger partial charge in [-0.1, -0.05) is 11.6 Å². The van der Waals surface area contributed by atoms with Gasteiger partial charge in [-0.15, -0.1) is 0 Å². The van der Waals surface area contributed by atoms with Crippen LogP contribution in [0.2, 0.25) is 5.02 Å². The van der Waals surface area contributed by atoms with Gasteiger partial charge < -0.3 is 29.4 Å². The zero-order chi connectivity index (χ0) is 18.2. The second-order valence-corrected chi connectivity index (χ2v) is 7.06. The number of benzene rings is 1. The largest absolute Gasteiger partial charge is 0.463 e. The fourth-order valence-electron chi connectivity index (χ4n) is 2.98. The molecule has 2 saturated heterocycles. The first kappa shape index (κ1) is 18.4. The monoisotopic (exact) mass is 371 g/mol. The number of carbonyl (C=O) groups excluding carboxylic acids is 1. The first-order chi connectivity index (χ1) is 11.7. The van der Waals surface area contributed by atoms with Crippen molar-refractivity contribution in [2.45, 2.75) is 57.2 Å². The molecule has 0 aromatic heterocycles. The van der Waals surface area contributed by atoms with Crippen molar-refractivity contribution in [3.05, 3.63) is 29.3 Å². The summed E-state index contributed by atoms with van der Waals surface area (Å²) >= 11 is 5.88. The highest BCUT2D eigenvalue weighted by atomic mass is 35.5. The number of ether oxygens (including phenoxy) is 4. The summed E-state index contributed by atoms with van der Waals surface area (Å²) in [5, 5.41) is 14.0. The molecule has 0 radical (unpaired) electrons. The second-order valence-electron chi connectivity index (χ2n) is 6.62. The molecule has 0 aliphatic carbocycles. The third-order valence-corrected chi connectivity index (χ3v) is 4.38. The fourth-order valence-corrected chi connectivity index (χ4v) is 3.11. The van der Waals surface area contributed by atoms with Crippen molar-refractivity contribution in [1.29, 1.82) is 0 Å². The molecule has 138 valence electrons. The van der Waals surface area contributed by atoms with Gasteiger partial charge in [0, 0.05) is 11.9 Å². The van der Waals surface area contributed by atoms with Crippen LogP contribution in [0.4, 0.5) is 0 Å². The minimum absolute atomic E-state index is 0.252. The lowest BCUT2D eigenvalue weighted by Crippen LogP contribution is -2.69. The summed E-state index contributed by atoms with van der Waals surface area (Å²) in [6.07, 6.45) is -3.05. The van der Waals surface area contributed by atoms with Gasteiger partial charge in [0.1, 0.15) is 30.1 Å². The van der Waals surface area contributed by atoms with Gasteiger partial charge in [0.05, 0.1) is 6.61 Å². The van der Waals surface area contributed by atoms with Crippen molar-refractivity contribution in [2.24, 2.45) is 0 Å². The molecule has 0 unspecified atom stereocenters. The van der Waals surface area contributed by atoms with E-state index in [4.69, 9.17) is 30.5 Å². The average molecular weight is 372 g/mol. The van der Waals surface area contributed by atoms with Gasteiger partial charge in [0.2, 0.25) is 12.2 Å². The number of aliphatic hydroxyl groups excluding tert-OH is 1. The van der Waals surface area contributed by atoms with Crippen LogP contribution in [0.1, 0.15) is 20.8 Å². The summed E-state index contributed by atoms with van der Waals surface area (Å²) in [6, 6.07) is 5.95. The van der Waals surface area contributed by atoms with Crippen LogP contribution in [0.5, 0.6) is 5.75 Å². The summed E-state index contributed by atoms with van der Waals surface area (Å²) in [6.45, 7) is 5.15. The van der Waals surface area contributed by atoms with Crippen molar-refractivity contribution >= 4 is 17.5 Å². The van der Waals surface area contributed by atoms with Gasteiger partial charge in [-0.25, -0.2) is 0 Å². The lowest BCUT2D eigenvalue weighted by atomic mass is 9.95. The highest BCUT2D eigenvalue weighted by molar-refractivity contribution is 6.30. The summed E-state index contributed by atoms with van der Waals surface area (Å²) < 4.78 is 23.1. The Labute approximate surface area is 151 Å². The van der Waals surface area contributed by atoms with E-state index in [2.05, 4.69) is 5.32 Å². The Balaban J connectivity index is 1.80. The summed E-state index contributed by atoms with van der Waals surface area (Å²) in [5.41, 5.74) is 0. The van der Waals surface area contributed by atoms with Crippen LogP contribution in [-0.4, -0.2) is 54.1 Å². The standard InChI is InChI=1S/C17H22ClNO6/c1-9(20)19-13-14(21)15-12(8-22-17(2,3)25-15)24-16(13)23-11-6-4-10(18)5-7-11/h4-7,12-16,21H,8H2,1-3H3,(H,19,20)/t12-,13+,14+,15+,16+/m1/s1. The molecule has 3 rings (SSSR count). The van der Waals surface area contributed by atoms with Crippen LogP contribution in [0.25, 0.3) is 0 Å². The molecular weight excluding hydrogens is 350 g/mol. The number of nitrogens with one attached hydrogen (secondary N) is 1. The van der Waals surface area contributed by atoms with E-state index >= 15 is 0 Å².